The zero-order valence-electron chi connectivity index (χ0n) is 10.1. The Morgan fingerprint density at radius 2 is 2.18 bits per heavy atom. The molecule has 0 radical (unpaired) electrons. The number of rotatable bonds is 4. The molecule has 1 heterocycles. The standard InChI is InChI=1S/C13H19NO3/c1-16-11-4-2-10(3-5-11)12(15)13(8-14)6-7-17-9-13/h2-5,12,15H,6-9,14H2,1H3. The third-order valence-corrected chi connectivity index (χ3v) is 3.55. The van der Waals surface area contributed by atoms with Gasteiger partial charge in [-0.05, 0) is 24.1 Å². The number of methoxy groups -OCH3 is 1. The molecular weight excluding hydrogens is 218 g/mol. The van der Waals surface area contributed by atoms with Crippen LogP contribution in [-0.2, 0) is 4.74 Å². The van der Waals surface area contributed by atoms with Crippen LogP contribution in [0.1, 0.15) is 18.1 Å². The minimum Gasteiger partial charge on any atom is -0.497 e. The molecule has 94 valence electrons. The highest BCUT2D eigenvalue weighted by molar-refractivity contribution is 5.29. The second kappa shape index (κ2) is 5.04. The molecule has 0 bridgehead atoms. The number of aliphatic hydroxyl groups excluding tert-OH is 1. The molecule has 2 atom stereocenters. The van der Waals surface area contributed by atoms with E-state index in [9.17, 15) is 5.11 Å². The highest BCUT2D eigenvalue weighted by atomic mass is 16.5. The van der Waals surface area contributed by atoms with Gasteiger partial charge in [-0.25, -0.2) is 0 Å². The van der Waals surface area contributed by atoms with Gasteiger partial charge in [0.2, 0.25) is 0 Å². The van der Waals surface area contributed by atoms with E-state index in [1.165, 1.54) is 0 Å². The molecule has 2 rings (SSSR count). The molecule has 0 amide bonds. The fourth-order valence-electron chi connectivity index (χ4n) is 2.25. The predicted molar refractivity (Wildman–Crippen MR) is 64.9 cm³/mol. The first-order valence-electron chi connectivity index (χ1n) is 5.82. The summed E-state index contributed by atoms with van der Waals surface area (Å²) in [5, 5.41) is 10.4. The van der Waals surface area contributed by atoms with Crippen molar-refractivity contribution in [3.8, 4) is 5.75 Å². The van der Waals surface area contributed by atoms with Crippen LogP contribution in [0.25, 0.3) is 0 Å². The van der Waals surface area contributed by atoms with Crippen molar-refractivity contribution in [3.63, 3.8) is 0 Å². The van der Waals surface area contributed by atoms with Crippen molar-refractivity contribution < 1.29 is 14.6 Å². The third-order valence-electron chi connectivity index (χ3n) is 3.55. The molecule has 3 N–H and O–H groups in total. The largest absolute Gasteiger partial charge is 0.497 e. The minimum absolute atomic E-state index is 0.339. The number of hydrogen-bond acceptors (Lipinski definition) is 4. The van der Waals surface area contributed by atoms with Crippen LogP contribution in [0.3, 0.4) is 0 Å². The Morgan fingerprint density at radius 3 is 2.65 bits per heavy atom. The molecule has 0 spiro atoms. The van der Waals surface area contributed by atoms with Crippen molar-refractivity contribution in [2.75, 3.05) is 26.9 Å². The van der Waals surface area contributed by atoms with E-state index < -0.39 is 6.10 Å². The fraction of sp³-hybridized carbons (Fsp3) is 0.538. The van der Waals surface area contributed by atoms with Crippen LogP contribution in [0.5, 0.6) is 5.75 Å². The molecule has 1 aliphatic rings. The molecule has 1 fully saturated rings. The van der Waals surface area contributed by atoms with Crippen LogP contribution in [-0.4, -0.2) is 32.0 Å². The molecule has 17 heavy (non-hydrogen) atoms. The van der Waals surface area contributed by atoms with E-state index in [0.29, 0.717) is 19.8 Å². The van der Waals surface area contributed by atoms with Gasteiger partial charge in [-0.3, -0.25) is 0 Å². The summed E-state index contributed by atoms with van der Waals surface area (Å²) in [7, 11) is 1.62. The maximum Gasteiger partial charge on any atom is 0.118 e. The van der Waals surface area contributed by atoms with Crippen LogP contribution in [0.2, 0.25) is 0 Å². The summed E-state index contributed by atoms with van der Waals surface area (Å²) < 4.78 is 10.5. The Hall–Kier alpha value is -1.10. The molecule has 4 heteroatoms. The first-order chi connectivity index (χ1) is 8.22. The van der Waals surface area contributed by atoms with E-state index in [1.54, 1.807) is 7.11 Å². The summed E-state index contributed by atoms with van der Waals surface area (Å²) >= 11 is 0. The maximum atomic E-state index is 10.4. The van der Waals surface area contributed by atoms with Gasteiger partial charge in [0, 0.05) is 18.6 Å². The average Bonchev–Trinajstić information content (AvgIpc) is 2.88. The van der Waals surface area contributed by atoms with Gasteiger partial charge in [0.1, 0.15) is 5.75 Å². The molecule has 1 saturated heterocycles. The number of hydrogen-bond donors (Lipinski definition) is 2. The smallest absolute Gasteiger partial charge is 0.118 e. The van der Waals surface area contributed by atoms with Crippen molar-refractivity contribution in [1.29, 1.82) is 0 Å². The van der Waals surface area contributed by atoms with Gasteiger partial charge in [0.05, 0.1) is 19.8 Å². The first-order valence-corrected chi connectivity index (χ1v) is 5.82. The quantitative estimate of drug-likeness (QED) is 0.823. The Kier molecular flexibility index (Phi) is 3.66. The van der Waals surface area contributed by atoms with Gasteiger partial charge >= 0.3 is 0 Å². The van der Waals surface area contributed by atoms with E-state index in [0.717, 1.165) is 17.7 Å². The Labute approximate surface area is 101 Å². The molecule has 0 saturated carbocycles. The summed E-state index contributed by atoms with van der Waals surface area (Å²) in [6.45, 7) is 1.63. The van der Waals surface area contributed by atoms with Crippen LogP contribution in [0.4, 0.5) is 0 Å². The number of ether oxygens (including phenoxy) is 2. The molecule has 0 aliphatic carbocycles. The van der Waals surface area contributed by atoms with Crippen LogP contribution in [0.15, 0.2) is 24.3 Å². The second-order valence-electron chi connectivity index (χ2n) is 4.54. The van der Waals surface area contributed by atoms with Crippen molar-refractivity contribution in [2.24, 2.45) is 11.1 Å². The lowest BCUT2D eigenvalue weighted by Gasteiger charge is -2.31. The van der Waals surface area contributed by atoms with Gasteiger partial charge in [-0.15, -0.1) is 0 Å². The molecule has 4 nitrogen and oxygen atoms in total. The van der Waals surface area contributed by atoms with Crippen molar-refractivity contribution in [2.45, 2.75) is 12.5 Å². The average molecular weight is 237 g/mol. The monoisotopic (exact) mass is 237 g/mol. The normalized spacial score (nSPS) is 25.8. The van der Waals surface area contributed by atoms with Gasteiger partial charge < -0.3 is 20.3 Å². The number of aliphatic hydroxyl groups is 1. The fourth-order valence-corrected chi connectivity index (χ4v) is 2.25. The third kappa shape index (κ3) is 2.29. The minimum atomic E-state index is -0.582. The lowest BCUT2D eigenvalue weighted by molar-refractivity contribution is 0.0190. The maximum absolute atomic E-state index is 10.4. The van der Waals surface area contributed by atoms with E-state index in [4.69, 9.17) is 15.2 Å². The highest BCUT2D eigenvalue weighted by Gasteiger charge is 2.41. The van der Waals surface area contributed by atoms with Crippen molar-refractivity contribution in [1.82, 2.24) is 0 Å². The highest BCUT2D eigenvalue weighted by Crippen LogP contribution is 2.40. The van der Waals surface area contributed by atoms with Gasteiger partial charge in [0.15, 0.2) is 0 Å². The van der Waals surface area contributed by atoms with Gasteiger partial charge in [0.25, 0.3) is 0 Å². The summed E-state index contributed by atoms with van der Waals surface area (Å²) in [5.41, 5.74) is 6.32. The topological polar surface area (TPSA) is 64.7 Å². The van der Waals surface area contributed by atoms with E-state index in [2.05, 4.69) is 0 Å². The van der Waals surface area contributed by atoms with Crippen LogP contribution in [0, 0.1) is 5.41 Å². The molecule has 1 aromatic carbocycles. The molecule has 0 aromatic heterocycles. The molecule has 2 unspecified atom stereocenters. The van der Waals surface area contributed by atoms with E-state index in [-0.39, 0.29) is 5.41 Å². The van der Waals surface area contributed by atoms with Crippen molar-refractivity contribution in [3.05, 3.63) is 29.8 Å². The van der Waals surface area contributed by atoms with Crippen LogP contribution < -0.4 is 10.5 Å². The van der Waals surface area contributed by atoms with E-state index in [1.807, 2.05) is 24.3 Å². The SMILES string of the molecule is COc1ccc(C(O)C2(CN)CCOC2)cc1. The lowest BCUT2D eigenvalue weighted by atomic mass is 9.78. The Morgan fingerprint density at radius 1 is 1.47 bits per heavy atom. The van der Waals surface area contributed by atoms with E-state index >= 15 is 0 Å². The summed E-state index contributed by atoms with van der Waals surface area (Å²) in [6, 6.07) is 7.44. The van der Waals surface area contributed by atoms with Gasteiger partial charge in [-0.2, -0.15) is 0 Å². The summed E-state index contributed by atoms with van der Waals surface area (Å²) in [4.78, 5) is 0. The van der Waals surface area contributed by atoms with Crippen molar-refractivity contribution >= 4 is 0 Å². The summed E-state index contributed by atoms with van der Waals surface area (Å²) in [6.07, 6.45) is 0.220. The zero-order valence-corrected chi connectivity index (χ0v) is 10.1. The number of benzene rings is 1. The molecular formula is C13H19NO3. The predicted octanol–water partition coefficient (Wildman–Crippen LogP) is 1.09. The molecule has 1 aliphatic heterocycles. The Balaban J connectivity index is 2.19. The lowest BCUT2D eigenvalue weighted by Crippen LogP contribution is -2.37. The second-order valence-corrected chi connectivity index (χ2v) is 4.54. The Bertz CT molecular complexity index is 357. The zero-order chi connectivity index (χ0) is 12.3. The molecule has 1 aromatic rings. The summed E-state index contributed by atoms with van der Waals surface area (Å²) in [5.74, 6) is 0.783. The first kappa shape index (κ1) is 12.4. The van der Waals surface area contributed by atoms with Crippen LogP contribution >= 0.6 is 0 Å². The van der Waals surface area contributed by atoms with Gasteiger partial charge in [-0.1, -0.05) is 12.1 Å². The number of nitrogens with two attached hydrogens (primary N) is 1.